The third-order valence-electron chi connectivity index (χ3n) is 6.46. The van der Waals surface area contributed by atoms with Crippen LogP contribution in [0.15, 0.2) is 41.7 Å². The van der Waals surface area contributed by atoms with E-state index in [4.69, 9.17) is 21.2 Å². The van der Waals surface area contributed by atoms with Gasteiger partial charge in [-0.2, -0.15) is 0 Å². The van der Waals surface area contributed by atoms with Gasteiger partial charge in [-0.05, 0) is 78.1 Å². The lowest BCUT2D eigenvalue weighted by atomic mass is 9.95. The Kier molecular flexibility index (Phi) is 7.52. The molecule has 1 atom stereocenters. The molecule has 4 rings (SSSR count). The van der Waals surface area contributed by atoms with Gasteiger partial charge < -0.3 is 14.5 Å². The Labute approximate surface area is 227 Å². The van der Waals surface area contributed by atoms with Gasteiger partial charge in [0.1, 0.15) is 5.60 Å². The van der Waals surface area contributed by atoms with Crippen molar-refractivity contribution in [3.05, 3.63) is 58.2 Å². The summed E-state index contributed by atoms with van der Waals surface area (Å²) < 4.78 is 5.58. The number of hydrogen-bond acceptors (Lipinski definition) is 7. The van der Waals surface area contributed by atoms with Crippen LogP contribution in [-0.2, 0) is 14.4 Å². The molecule has 2 aliphatic rings. The molecule has 0 radical (unpaired) electrons. The fourth-order valence-electron chi connectivity index (χ4n) is 4.41. The molecule has 2 aliphatic heterocycles. The summed E-state index contributed by atoms with van der Waals surface area (Å²) in [6.45, 7) is 11.4. The molecular weight excluding hydrogens is 508 g/mol. The van der Waals surface area contributed by atoms with E-state index >= 15 is 0 Å². The van der Waals surface area contributed by atoms with E-state index < -0.39 is 17.3 Å². The number of aromatic nitrogens is 1. The summed E-state index contributed by atoms with van der Waals surface area (Å²) in [5.74, 6) is -0.204. The maximum Gasteiger partial charge on any atom is 0.410 e. The molecule has 3 heterocycles. The van der Waals surface area contributed by atoms with Crippen LogP contribution in [0.3, 0.4) is 0 Å². The summed E-state index contributed by atoms with van der Waals surface area (Å²) >= 11 is 6.65. The molecule has 2 amide bonds. The van der Waals surface area contributed by atoms with E-state index in [0.29, 0.717) is 41.4 Å². The maximum absolute atomic E-state index is 14.0. The summed E-state index contributed by atoms with van der Waals surface area (Å²) in [6, 6.07) is 8.04. The maximum atomic E-state index is 14.0. The highest BCUT2D eigenvalue weighted by atomic mass is 35.5. The van der Waals surface area contributed by atoms with Crippen molar-refractivity contribution in [3.63, 3.8) is 0 Å². The topological polar surface area (TPSA) is 101 Å². The van der Waals surface area contributed by atoms with Crippen molar-refractivity contribution in [2.45, 2.75) is 71.6 Å². The molecule has 0 saturated carbocycles. The van der Waals surface area contributed by atoms with Gasteiger partial charge in [-0.15, -0.1) is 0 Å². The SMILES string of the molecule is Cc1ccnc(N(C(=O)c2ccc(C3=NOC(C)(C)C3=O)cc2)[C@@H]2CCCN(C(=O)OC(C)(C)C)C2)c1Cl. The van der Waals surface area contributed by atoms with Crippen molar-refractivity contribution in [2.75, 3.05) is 18.0 Å². The van der Waals surface area contributed by atoms with Crippen molar-refractivity contribution >= 4 is 40.9 Å². The third-order valence-corrected chi connectivity index (χ3v) is 6.92. The molecular formula is C28H33ClN4O5. The molecule has 1 fully saturated rings. The second-order valence-corrected chi connectivity index (χ2v) is 11.5. The van der Waals surface area contributed by atoms with E-state index in [-0.39, 0.29) is 30.0 Å². The summed E-state index contributed by atoms with van der Waals surface area (Å²) in [5, 5.41) is 4.31. The van der Waals surface area contributed by atoms with Gasteiger partial charge in [-0.25, -0.2) is 9.78 Å². The first-order valence-corrected chi connectivity index (χ1v) is 13.0. The molecule has 38 heavy (non-hydrogen) atoms. The van der Waals surface area contributed by atoms with Gasteiger partial charge in [-0.3, -0.25) is 14.5 Å². The number of piperidine rings is 1. The van der Waals surface area contributed by atoms with Crippen molar-refractivity contribution in [2.24, 2.45) is 5.16 Å². The minimum Gasteiger partial charge on any atom is -0.444 e. The van der Waals surface area contributed by atoms with Crippen molar-refractivity contribution < 1.29 is 24.0 Å². The molecule has 202 valence electrons. The second-order valence-electron chi connectivity index (χ2n) is 11.1. The van der Waals surface area contributed by atoms with Crippen LogP contribution in [0.4, 0.5) is 10.6 Å². The molecule has 0 N–H and O–H groups in total. The molecule has 1 saturated heterocycles. The highest BCUT2D eigenvalue weighted by Gasteiger charge is 2.40. The number of aryl methyl sites for hydroxylation is 1. The Balaban J connectivity index is 1.65. The number of pyridine rings is 1. The zero-order valence-electron chi connectivity index (χ0n) is 22.6. The van der Waals surface area contributed by atoms with Gasteiger partial charge in [0.25, 0.3) is 5.91 Å². The van der Waals surface area contributed by atoms with Crippen LogP contribution < -0.4 is 4.90 Å². The largest absolute Gasteiger partial charge is 0.444 e. The summed E-state index contributed by atoms with van der Waals surface area (Å²) in [6.07, 6.45) is 2.54. The zero-order valence-corrected chi connectivity index (χ0v) is 23.3. The average Bonchev–Trinajstić information content (AvgIpc) is 3.13. The van der Waals surface area contributed by atoms with Crippen molar-refractivity contribution in [3.8, 4) is 0 Å². The lowest BCUT2D eigenvalue weighted by Gasteiger charge is -2.39. The number of oxime groups is 1. The Morgan fingerprint density at radius 1 is 1.18 bits per heavy atom. The van der Waals surface area contributed by atoms with E-state index in [1.165, 1.54) is 0 Å². The quantitative estimate of drug-likeness (QED) is 0.530. The number of Topliss-reactive ketones (excluding diaryl/α,β-unsaturated/α-hetero) is 1. The number of nitrogens with zero attached hydrogens (tertiary/aromatic N) is 4. The van der Waals surface area contributed by atoms with Gasteiger partial charge in [0, 0.05) is 30.4 Å². The van der Waals surface area contributed by atoms with Gasteiger partial charge >= 0.3 is 6.09 Å². The molecule has 9 nitrogen and oxygen atoms in total. The van der Waals surface area contributed by atoms with Crippen LogP contribution in [0.5, 0.6) is 0 Å². The number of anilines is 1. The number of hydrogen-bond donors (Lipinski definition) is 0. The second kappa shape index (κ2) is 10.4. The van der Waals surface area contributed by atoms with E-state index in [2.05, 4.69) is 10.1 Å². The van der Waals surface area contributed by atoms with Crippen LogP contribution in [0.25, 0.3) is 0 Å². The molecule has 2 aromatic rings. The van der Waals surface area contributed by atoms with Gasteiger partial charge in [-0.1, -0.05) is 28.9 Å². The number of carbonyl (C=O) groups excluding carboxylic acids is 3. The molecule has 0 bridgehead atoms. The third kappa shape index (κ3) is 5.67. The van der Waals surface area contributed by atoms with Crippen LogP contribution in [0, 0.1) is 6.92 Å². The summed E-state index contributed by atoms with van der Waals surface area (Å²) in [4.78, 5) is 52.3. The normalized spacial score (nSPS) is 19.0. The Morgan fingerprint density at radius 2 is 1.87 bits per heavy atom. The minimum absolute atomic E-state index is 0.217. The number of ketones is 1. The fraction of sp³-hybridized carbons (Fsp3) is 0.464. The number of likely N-dealkylation sites (tertiary alicyclic amines) is 1. The van der Waals surface area contributed by atoms with Crippen LogP contribution in [0.2, 0.25) is 5.02 Å². The van der Waals surface area contributed by atoms with E-state index in [0.717, 1.165) is 5.56 Å². The smallest absolute Gasteiger partial charge is 0.410 e. The first-order valence-electron chi connectivity index (χ1n) is 12.6. The Bertz CT molecular complexity index is 1280. The number of ether oxygens (including phenoxy) is 1. The first kappa shape index (κ1) is 27.6. The minimum atomic E-state index is -1.02. The average molecular weight is 541 g/mol. The first-order chi connectivity index (χ1) is 17.8. The Hall–Kier alpha value is -3.46. The predicted molar refractivity (Wildman–Crippen MR) is 145 cm³/mol. The lowest BCUT2D eigenvalue weighted by molar-refractivity contribution is -0.128. The fourth-order valence-corrected chi connectivity index (χ4v) is 4.61. The molecule has 10 heteroatoms. The van der Waals surface area contributed by atoms with Crippen molar-refractivity contribution in [1.82, 2.24) is 9.88 Å². The van der Waals surface area contributed by atoms with Crippen LogP contribution >= 0.6 is 11.6 Å². The van der Waals surface area contributed by atoms with Crippen LogP contribution in [-0.4, -0.2) is 63.7 Å². The molecule has 0 spiro atoms. The summed E-state index contributed by atoms with van der Waals surface area (Å²) in [7, 11) is 0. The Morgan fingerprint density at radius 3 is 2.47 bits per heavy atom. The van der Waals surface area contributed by atoms with E-state index in [9.17, 15) is 14.4 Å². The van der Waals surface area contributed by atoms with Gasteiger partial charge in [0.2, 0.25) is 5.78 Å². The number of rotatable bonds is 4. The van der Waals surface area contributed by atoms with E-state index in [1.54, 1.807) is 60.2 Å². The van der Waals surface area contributed by atoms with Gasteiger partial charge in [0.05, 0.1) is 11.1 Å². The highest BCUT2D eigenvalue weighted by molar-refractivity contribution is 6.49. The number of carbonyl (C=O) groups is 3. The van der Waals surface area contributed by atoms with Crippen LogP contribution in [0.1, 0.15) is 68.9 Å². The monoisotopic (exact) mass is 540 g/mol. The number of halogens is 1. The number of amides is 2. The standard InChI is InChI=1S/C28H33ClN4O5/c1-17-13-14-30-24(21(17)29)33(20-8-7-15-32(16-20)26(36)37-27(2,3)4)25(35)19-11-9-18(10-12-19)22-23(34)28(5,6)38-31-22/h9-14,20H,7-8,15-16H2,1-6H3/t20-/m1/s1. The predicted octanol–water partition coefficient (Wildman–Crippen LogP) is 5.17. The molecule has 0 aliphatic carbocycles. The highest BCUT2D eigenvalue weighted by Crippen LogP contribution is 2.32. The van der Waals surface area contributed by atoms with Crippen molar-refractivity contribution in [1.29, 1.82) is 0 Å². The summed E-state index contributed by atoms with van der Waals surface area (Å²) in [5.41, 5.74) is 0.292. The molecule has 0 unspecified atom stereocenters. The molecule has 1 aromatic carbocycles. The number of benzene rings is 1. The molecule has 1 aromatic heterocycles. The lowest BCUT2D eigenvalue weighted by Crippen LogP contribution is -2.53. The zero-order chi connectivity index (χ0) is 27.8. The van der Waals surface area contributed by atoms with E-state index in [1.807, 2.05) is 27.7 Å². The van der Waals surface area contributed by atoms with Gasteiger partial charge in [0.15, 0.2) is 17.1 Å².